The van der Waals surface area contributed by atoms with Crippen LogP contribution in [0.2, 0.25) is 0 Å². The van der Waals surface area contributed by atoms with Crippen LogP contribution < -0.4 is 5.32 Å². The van der Waals surface area contributed by atoms with Crippen LogP contribution in [-0.2, 0) is 20.7 Å². The molecule has 5 heteroatoms. The van der Waals surface area contributed by atoms with Gasteiger partial charge in [-0.2, -0.15) is 0 Å². The van der Waals surface area contributed by atoms with Gasteiger partial charge in [0.05, 0.1) is 0 Å². The van der Waals surface area contributed by atoms with Crippen LogP contribution in [0.25, 0.3) is 11.1 Å². The molecule has 1 heterocycles. The summed E-state index contributed by atoms with van der Waals surface area (Å²) in [6.45, 7) is 2.57. The highest BCUT2D eigenvalue weighted by Gasteiger charge is 2.38. The number of rotatable bonds is 8. The SMILES string of the molecule is CCO[C@@H]1OC(C(=O)NC2CCC2)=C[C@H](c2ccc3c(c2)Cc2ccccc2-3)[C@@H]1CCCO. The first-order chi connectivity index (χ1) is 16.2. The number of amides is 1. The van der Waals surface area contributed by atoms with E-state index in [1.54, 1.807) is 0 Å². The van der Waals surface area contributed by atoms with Gasteiger partial charge in [0.2, 0.25) is 6.29 Å². The van der Waals surface area contributed by atoms with E-state index in [0.717, 1.165) is 32.1 Å². The quantitative estimate of drug-likeness (QED) is 0.526. The first kappa shape index (κ1) is 22.2. The lowest BCUT2D eigenvalue weighted by atomic mass is 9.79. The largest absolute Gasteiger partial charge is 0.459 e. The molecule has 0 spiro atoms. The molecule has 1 fully saturated rings. The first-order valence-corrected chi connectivity index (χ1v) is 12.3. The Hall–Kier alpha value is -2.63. The van der Waals surface area contributed by atoms with Crippen molar-refractivity contribution in [3.63, 3.8) is 0 Å². The summed E-state index contributed by atoms with van der Waals surface area (Å²) in [4.78, 5) is 13.0. The fourth-order valence-corrected chi connectivity index (χ4v) is 5.33. The minimum Gasteiger partial charge on any atom is -0.459 e. The molecule has 1 saturated carbocycles. The maximum Gasteiger partial charge on any atom is 0.286 e. The fourth-order valence-electron chi connectivity index (χ4n) is 5.33. The summed E-state index contributed by atoms with van der Waals surface area (Å²) in [7, 11) is 0. The van der Waals surface area contributed by atoms with Crippen molar-refractivity contribution < 1.29 is 19.4 Å². The van der Waals surface area contributed by atoms with Gasteiger partial charge < -0.3 is 19.9 Å². The van der Waals surface area contributed by atoms with Crippen LogP contribution in [0.15, 0.2) is 54.3 Å². The second kappa shape index (κ2) is 9.70. The van der Waals surface area contributed by atoms with Crippen molar-refractivity contribution in [1.29, 1.82) is 0 Å². The van der Waals surface area contributed by atoms with E-state index in [0.29, 0.717) is 18.8 Å². The number of carbonyl (C=O) groups is 1. The molecule has 2 N–H and O–H groups in total. The third kappa shape index (κ3) is 4.44. The Balaban J connectivity index is 1.48. The molecule has 1 amide bonds. The molecule has 5 rings (SSSR count). The van der Waals surface area contributed by atoms with Crippen molar-refractivity contribution in [2.75, 3.05) is 13.2 Å². The van der Waals surface area contributed by atoms with E-state index in [9.17, 15) is 9.90 Å². The van der Waals surface area contributed by atoms with Gasteiger partial charge in [0.15, 0.2) is 5.76 Å². The second-order valence-corrected chi connectivity index (χ2v) is 9.38. The number of aliphatic hydroxyl groups is 1. The predicted molar refractivity (Wildman–Crippen MR) is 128 cm³/mol. The van der Waals surface area contributed by atoms with E-state index in [1.807, 2.05) is 13.0 Å². The molecule has 0 aromatic heterocycles. The van der Waals surface area contributed by atoms with Gasteiger partial charge in [0, 0.05) is 31.1 Å². The van der Waals surface area contributed by atoms with Gasteiger partial charge in [-0.1, -0.05) is 42.5 Å². The number of nitrogens with one attached hydrogen (secondary N) is 1. The zero-order valence-electron chi connectivity index (χ0n) is 19.3. The van der Waals surface area contributed by atoms with Gasteiger partial charge in [0.25, 0.3) is 5.91 Å². The summed E-state index contributed by atoms with van der Waals surface area (Å²) in [6.07, 6.45) is 7.05. The maximum absolute atomic E-state index is 13.0. The number of aliphatic hydroxyl groups excluding tert-OH is 1. The Labute approximate surface area is 195 Å². The summed E-state index contributed by atoms with van der Waals surface area (Å²) in [6, 6.07) is 15.5. The van der Waals surface area contributed by atoms with Crippen LogP contribution in [-0.4, -0.2) is 36.6 Å². The Morgan fingerprint density at radius 3 is 2.73 bits per heavy atom. The van der Waals surface area contributed by atoms with Crippen LogP contribution in [0.5, 0.6) is 0 Å². The molecule has 3 aliphatic rings. The van der Waals surface area contributed by atoms with Crippen molar-refractivity contribution >= 4 is 5.91 Å². The highest BCUT2D eigenvalue weighted by Crippen LogP contribution is 2.43. The third-order valence-electron chi connectivity index (χ3n) is 7.28. The lowest BCUT2D eigenvalue weighted by Gasteiger charge is -2.37. The minimum atomic E-state index is -0.510. The van der Waals surface area contributed by atoms with Gasteiger partial charge in [-0.05, 0) is 79.3 Å². The van der Waals surface area contributed by atoms with Crippen LogP contribution in [0.4, 0.5) is 0 Å². The lowest BCUT2D eigenvalue weighted by Crippen LogP contribution is -2.43. The van der Waals surface area contributed by atoms with E-state index in [4.69, 9.17) is 9.47 Å². The van der Waals surface area contributed by atoms with Crippen LogP contribution in [0.1, 0.15) is 61.6 Å². The fraction of sp³-hybridized carbons (Fsp3) is 0.464. The molecule has 3 atom stereocenters. The third-order valence-corrected chi connectivity index (χ3v) is 7.28. The van der Waals surface area contributed by atoms with E-state index in [1.165, 1.54) is 27.8 Å². The summed E-state index contributed by atoms with van der Waals surface area (Å²) < 4.78 is 12.1. The molecule has 0 saturated heterocycles. The topological polar surface area (TPSA) is 67.8 Å². The Kier molecular flexibility index (Phi) is 6.52. The van der Waals surface area contributed by atoms with Crippen molar-refractivity contribution in [2.45, 2.75) is 63.7 Å². The summed E-state index contributed by atoms with van der Waals surface area (Å²) in [5.41, 5.74) is 6.46. The van der Waals surface area contributed by atoms with Gasteiger partial charge in [-0.15, -0.1) is 0 Å². The number of carbonyl (C=O) groups excluding carboxylic acids is 1. The molecule has 33 heavy (non-hydrogen) atoms. The number of ether oxygens (including phenoxy) is 2. The average Bonchev–Trinajstić information content (AvgIpc) is 3.18. The van der Waals surface area contributed by atoms with Crippen molar-refractivity contribution in [3.8, 4) is 11.1 Å². The minimum absolute atomic E-state index is 0.0157. The van der Waals surface area contributed by atoms with E-state index < -0.39 is 6.29 Å². The molecular formula is C28H33NO4. The normalized spacial score (nSPS) is 23.7. The predicted octanol–water partition coefficient (Wildman–Crippen LogP) is 4.68. The molecule has 2 aliphatic carbocycles. The Morgan fingerprint density at radius 1 is 1.15 bits per heavy atom. The lowest BCUT2D eigenvalue weighted by molar-refractivity contribution is -0.167. The van der Waals surface area contributed by atoms with Crippen LogP contribution >= 0.6 is 0 Å². The highest BCUT2D eigenvalue weighted by molar-refractivity contribution is 5.92. The van der Waals surface area contributed by atoms with Crippen LogP contribution in [0, 0.1) is 5.92 Å². The van der Waals surface area contributed by atoms with Gasteiger partial charge >= 0.3 is 0 Å². The number of benzene rings is 2. The number of fused-ring (bicyclic) bond motifs is 3. The van der Waals surface area contributed by atoms with E-state index >= 15 is 0 Å². The summed E-state index contributed by atoms with van der Waals surface area (Å²) in [5.74, 6) is 0.218. The molecule has 5 nitrogen and oxygen atoms in total. The first-order valence-electron chi connectivity index (χ1n) is 12.3. The van der Waals surface area contributed by atoms with Crippen LogP contribution in [0.3, 0.4) is 0 Å². The van der Waals surface area contributed by atoms with Gasteiger partial charge in [0.1, 0.15) is 0 Å². The van der Waals surface area contributed by atoms with Gasteiger partial charge in [-0.25, -0.2) is 0 Å². The zero-order valence-corrected chi connectivity index (χ0v) is 19.3. The summed E-state index contributed by atoms with van der Waals surface area (Å²) >= 11 is 0. The van der Waals surface area contributed by atoms with Crippen molar-refractivity contribution in [2.24, 2.45) is 5.92 Å². The molecule has 0 radical (unpaired) electrons. The van der Waals surface area contributed by atoms with Crippen molar-refractivity contribution in [1.82, 2.24) is 5.32 Å². The molecule has 2 aromatic rings. The van der Waals surface area contributed by atoms with E-state index in [2.05, 4.69) is 47.8 Å². The Morgan fingerprint density at radius 2 is 1.97 bits per heavy atom. The molecule has 2 aromatic carbocycles. The standard InChI is InChI=1S/C28H33NO4/c1-2-32-28-24(11-6-14-30)25(17-26(33-28)27(31)29-21-8-5-9-21)19-12-13-23-20(16-19)15-18-7-3-4-10-22(18)23/h3-4,7,10,12-13,16-17,21,24-25,28,30H,2,5-6,8-9,11,14-15H2,1H3,(H,29,31)/t24-,25+,28+/m0/s1. The molecule has 174 valence electrons. The molecule has 0 unspecified atom stereocenters. The van der Waals surface area contributed by atoms with E-state index in [-0.39, 0.29) is 30.4 Å². The Bertz CT molecular complexity index is 1040. The molecular weight excluding hydrogens is 414 g/mol. The number of allylic oxidation sites excluding steroid dienone is 1. The molecule has 0 bridgehead atoms. The average molecular weight is 448 g/mol. The highest BCUT2D eigenvalue weighted by atomic mass is 16.7. The zero-order chi connectivity index (χ0) is 22.8. The maximum atomic E-state index is 13.0. The second-order valence-electron chi connectivity index (χ2n) is 9.38. The van der Waals surface area contributed by atoms with Crippen molar-refractivity contribution in [3.05, 3.63) is 71.0 Å². The smallest absolute Gasteiger partial charge is 0.286 e. The molecule has 1 aliphatic heterocycles. The van der Waals surface area contributed by atoms with Gasteiger partial charge in [-0.3, -0.25) is 4.79 Å². The summed E-state index contributed by atoms with van der Waals surface area (Å²) in [5, 5.41) is 12.6. The number of hydrogen-bond donors (Lipinski definition) is 2. The monoisotopic (exact) mass is 447 g/mol. The number of hydrogen-bond acceptors (Lipinski definition) is 4.